The minimum atomic E-state index is 0.719. The molecule has 0 aliphatic heterocycles. The Morgan fingerprint density at radius 3 is 3.05 bits per heavy atom. The molecule has 0 saturated heterocycles. The van der Waals surface area contributed by atoms with Crippen LogP contribution in [0.1, 0.15) is 11.4 Å². The fourth-order valence-electron chi connectivity index (χ4n) is 1.94. The average molecular weight is 263 g/mol. The van der Waals surface area contributed by atoms with Gasteiger partial charge in [-0.1, -0.05) is 0 Å². The van der Waals surface area contributed by atoms with Crippen LogP contribution < -0.4 is 5.32 Å². The Labute approximate surface area is 113 Å². The molecular weight excluding hydrogens is 242 g/mol. The van der Waals surface area contributed by atoms with Gasteiger partial charge in [0.25, 0.3) is 0 Å². The van der Waals surface area contributed by atoms with Crippen molar-refractivity contribution >= 4 is 0 Å². The van der Waals surface area contributed by atoms with Crippen LogP contribution in [0.15, 0.2) is 24.8 Å². The Balaban J connectivity index is 1.81. The Bertz CT molecular complexity index is 491. The van der Waals surface area contributed by atoms with E-state index in [4.69, 9.17) is 4.74 Å². The van der Waals surface area contributed by atoms with Crippen LogP contribution in [0.2, 0.25) is 0 Å². The highest BCUT2D eigenvalue weighted by atomic mass is 16.5. The molecular formula is C13H21N5O. The molecule has 2 aromatic heterocycles. The van der Waals surface area contributed by atoms with Gasteiger partial charge in [-0.05, 0) is 12.0 Å². The van der Waals surface area contributed by atoms with E-state index in [-0.39, 0.29) is 0 Å². The van der Waals surface area contributed by atoms with E-state index in [9.17, 15) is 0 Å². The van der Waals surface area contributed by atoms with Crippen LogP contribution in [0.25, 0.3) is 0 Å². The zero-order chi connectivity index (χ0) is 13.5. The van der Waals surface area contributed by atoms with E-state index in [2.05, 4.69) is 20.0 Å². The third-order valence-electron chi connectivity index (χ3n) is 2.97. The Morgan fingerprint density at radius 2 is 2.32 bits per heavy atom. The van der Waals surface area contributed by atoms with Crippen molar-refractivity contribution in [3.63, 3.8) is 0 Å². The monoisotopic (exact) mass is 263 g/mol. The second-order valence-electron chi connectivity index (χ2n) is 4.48. The van der Waals surface area contributed by atoms with E-state index < -0.39 is 0 Å². The molecule has 0 aliphatic rings. The van der Waals surface area contributed by atoms with Gasteiger partial charge in [-0.15, -0.1) is 0 Å². The summed E-state index contributed by atoms with van der Waals surface area (Å²) >= 11 is 0. The molecule has 6 nitrogen and oxygen atoms in total. The van der Waals surface area contributed by atoms with Gasteiger partial charge in [0, 0.05) is 45.8 Å². The van der Waals surface area contributed by atoms with Gasteiger partial charge in [0.2, 0.25) is 0 Å². The van der Waals surface area contributed by atoms with Gasteiger partial charge in [0.1, 0.15) is 5.82 Å². The summed E-state index contributed by atoms with van der Waals surface area (Å²) in [5, 5.41) is 7.48. The zero-order valence-electron chi connectivity index (χ0n) is 11.5. The molecule has 0 unspecified atom stereocenters. The standard InChI is InChI=1S/C13H21N5O/c1-17-11-12(9-16-17)3-6-18-7-4-15-13(18)10-14-5-8-19-2/h4,7,9,11,14H,3,5-6,8,10H2,1-2H3. The smallest absolute Gasteiger partial charge is 0.122 e. The van der Waals surface area contributed by atoms with Gasteiger partial charge >= 0.3 is 0 Å². The first-order valence-corrected chi connectivity index (χ1v) is 6.47. The maximum absolute atomic E-state index is 5.00. The number of aryl methyl sites for hydroxylation is 3. The lowest BCUT2D eigenvalue weighted by atomic mass is 10.2. The van der Waals surface area contributed by atoms with Gasteiger partial charge < -0.3 is 14.6 Å². The van der Waals surface area contributed by atoms with Gasteiger partial charge in [-0.2, -0.15) is 5.10 Å². The number of aromatic nitrogens is 4. The Morgan fingerprint density at radius 1 is 1.42 bits per heavy atom. The van der Waals surface area contributed by atoms with E-state index in [0.717, 1.165) is 38.5 Å². The molecule has 104 valence electrons. The third-order valence-corrected chi connectivity index (χ3v) is 2.97. The van der Waals surface area contributed by atoms with Gasteiger partial charge in [-0.25, -0.2) is 4.98 Å². The quantitative estimate of drug-likeness (QED) is 0.708. The third kappa shape index (κ3) is 4.18. The van der Waals surface area contributed by atoms with Gasteiger partial charge in [0.05, 0.1) is 19.3 Å². The summed E-state index contributed by atoms with van der Waals surface area (Å²) in [6, 6.07) is 0. The Hall–Kier alpha value is -1.66. The molecule has 1 N–H and O–H groups in total. The molecule has 0 saturated carbocycles. The van der Waals surface area contributed by atoms with Crippen LogP contribution in [0.5, 0.6) is 0 Å². The number of hydrogen-bond donors (Lipinski definition) is 1. The number of hydrogen-bond acceptors (Lipinski definition) is 4. The van der Waals surface area contributed by atoms with Crippen LogP contribution in [-0.4, -0.2) is 39.6 Å². The molecule has 0 bridgehead atoms. The molecule has 0 aliphatic carbocycles. The van der Waals surface area contributed by atoms with E-state index in [0.29, 0.717) is 0 Å². The summed E-state index contributed by atoms with van der Waals surface area (Å²) in [5.74, 6) is 1.06. The molecule has 0 amide bonds. The molecule has 19 heavy (non-hydrogen) atoms. The van der Waals surface area contributed by atoms with E-state index in [1.54, 1.807) is 7.11 Å². The highest BCUT2D eigenvalue weighted by molar-refractivity contribution is 5.04. The molecule has 0 atom stereocenters. The number of nitrogens with one attached hydrogen (secondary N) is 1. The fourth-order valence-corrected chi connectivity index (χ4v) is 1.94. The minimum absolute atomic E-state index is 0.719. The lowest BCUT2D eigenvalue weighted by Crippen LogP contribution is -2.21. The summed E-state index contributed by atoms with van der Waals surface area (Å²) in [7, 11) is 3.64. The van der Waals surface area contributed by atoms with Crippen molar-refractivity contribution in [3.8, 4) is 0 Å². The van der Waals surface area contributed by atoms with Gasteiger partial charge in [-0.3, -0.25) is 4.68 Å². The first kappa shape index (κ1) is 13.8. The molecule has 0 spiro atoms. The molecule has 0 radical (unpaired) electrons. The maximum Gasteiger partial charge on any atom is 0.122 e. The van der Waals surface area contributed by atoms with Crippen molar-refractivity contribution in [1.82, 2.24) is 24.6 Å². The second-order valence-corrected chi connectivity index (χ2v) is 4.48. The summed E-state index contributed by atoms with van der Waals surface area (Å²) < 4.78 is 9.00. The average Bonchev–Trinajstić information content (AvgIpc) is 3.01. The summed E-state index contributed by atoms with van der Waals surface area (Å²) in [4.78, 5) is 4.37. The molecule has 2 aromatic rings. The molecule has 0 aromatic carbocycles. The molecule has 2 heterocycles. The number of ether oxygens (including phenoxy) is 1. The first-order valence-electron chi connectivity index (χ1n) is 6.47. The SMILES string of the molecule is COCCNCc1nccn1CCc1cnn(C)c1. The minimum Gasteiger partial charge on any atom is -0.383 e. The predicted octanol–water partition coefficient (Wildman–Crippen LogP) is 0.595. The van der Waals surface area contributed by atoms with Crippen molar-refractivity contribution in [2.24, 2.45) is 7.05 Å². The van der Waals surface area contributed by atoms with Crippen LogP contribution in [0, 0.1) is 0 Å². The lowest BCUT2D eigenvalue weighted by molar-refractivity contribution is 0.199. The largest absolute Gasteiger partial charge is 0.383 e. The number of rotatable bonds is 8. The van der Waals surface area contributed by atoms with Gasteiger partial charge in [0.15, 0.2) is 0 Å². The highest BCUT2D eigenvalue weighted by Gasteiger charge is 2.03. The van der Waals surface area contributed by atoms with Crippen LogP contribution in [-0.2, 0) is 31.3 Å². The van der Waals surface area contributed by atoms with Crippen LogP contribution in [0.4, 0.5) is 0 Å². The van der Waals surface area contributed by atoms with Crippen molar-refractivity contribution in [3.05, 3.63) is 36.2 Å². The second kappa shape index (κ2) is 7.06. The van der Waals surface area contributed by atoms with E-state index in [1.165, 1.54) is 5.56 Å². The summed E-state index contributed by atoms with van der Waals surface area (Å²) in [5.41, 5.74) is 1.24. The lowest BCUT2D eigenvalue weighted by Gasteiger charge is -2.08. The van der Waals surface area contributed by atoms with Crippen molar-refractivity contribution in [1.29, 1.82) is 0 Å². The molecule has 6 heteroatoms. The Kier molecular flexibility index (Phi) is 5.11. The maximum atomic E-state index is 5.00. The summed E-state index contributed by atoms with van der Waals surface area (Å²) in [6.07, 6.45) is 8.79. The number of imidazole rings is 1. The van der Waals surface area contributed by atoms with E-state index in [1.807, 2.05) is 36.5 Å². The summed E-state index contributed by atoms with van der Waals surface area (Å²) in [6.45, 7) is 3.25. The van der Waals surface area contributed by atoms with Crippen molar-refractivity contribution in [2.75, 3.05) is 20.3 Å². The van der Waals surface area contributed by atoms with E-state index >= 15 is 0 Å². The first-order chi connectivity index (χ1) is 9.29. The normalized spacial score (nSPS) is 11.1. The highest BCUT2D eigenvalue weighted by Crippen LogP contribution is 2.03. The number of methoxy groups -OCH3 is 1. The molecule has 2 rings (SSSR count). The van der Waals surface area contributed by atoms with Crippen molar-refractivity contribution < 1.29 is 4.74 Å². The number of nitrogens with zero attached hydrogens (tertiary/aromatic N) is 4. The van der Waals surface area contributed by atoms with Crippen LogP contribution >= 0.6 is 0 Å². The van der Waals surface area contributed by atoms with Crippen molar-refractivity contribution in [2.45, 2.75) is 19.5 Å². The fraction of sp³-hybridized carbons (Fsp3) is 0.538. The zero-order valence-corrected chi connectivity index (χ0v) is 11.5. The predicted molar refractivity (Wildman–Crippen MR) is 72.7 cm³/mol. The topological polar surface area (TPSA) is 56.9 Å². The van der Waals surface area contributed by atoms with Crippen LogP contribution in [0.3, 0.4) is 0 Å². The molecule has 0 fully saturated rings.